The van der Waals surface area contributed by atoms with Crippen LogP contribution in [0, 0.1) is 5.92 Å². The van der Waals surface area contributed by atoms with Gasteiger partial charge in [0.15, 0.2) is 5.96 Å². The third-order valence-corrected chi connectivity index (χ3v) is 4.30. The van der Waals surface area contributed by atoms with E-state index in [4.69, 9.17) is 0 Å². The van der Waals surface area contributed by atoms with E-state index >= 15 is 0 Å². The van der Waals surface area contributed by atoms with Gasteiger partial charge in [0.25, 0.3) is 5.91 Å². The third kappa shape index (κ3) is 3.01. The van der Waals surface area contributed by atoms with Crippen molar-refractivity contribution in [1.82, 2.24) is 20.9 Å². The lowest BCUT2D eigenvalue weighted by molar-refractivity contribution is -0.125. The molecule has 0 spiro atoms. The summed E-state index contributed by atoms with van der Waals surface area (Å²) in [5, 5.41) is 8.30. The molecule has 2 heterocycles. The summed E-state index contributed by atoms with van der Waals surface area (Å²) in [7, 11) is 1.75. The second-order valence-electron chi connectivity index (χ2n) is 5.59. The zero-order chi connectivity index (χ0) is 15.5. The van der Waals surface area contributed by atoms with Crippen molar-refractivity contribution in [2.75, 3.05) is 26.7 Å². The van der Waals surface area contributed by atoms with Crippen LogP contribution >= 0.6 is 0 Å². The summed E-state index contributed by atoms with van der Waals surface area (Å²) in [4.78, 5) is 29.7. The third-order valence-electron chi connectivity index (χ3n) is 4.30. The smallest absolute Gasteiger partial charge is 0.322 e. The molecule has 2 aliphatic rings. The molecule has 2 rings (SSSR count). The van der Waals surface area contributed by atoms with E-state index in [9.17, 15) is 9.59 Å². The number of nitrogens with one attached hydrogen (secondary N) is 3. The molecule has 116 valence electrons. The van der Waals surface area contributed by atoms with Gasteiger partial charge in [-0.05, 0) is 25.7 Å². The Morgan fingerprint density at radius 2 is 2.19 bits per heavy atom. The normalized spacial score (nSPS) is 27.3. The summed E-state index contributed by atoms with van der Waals surface area (Å²) in [5.74, 6) is 0.760. The Morgan fingerprint density at radius 3 is 2.67 bits per heavy atom. The molecule has 2 fully saturated rings. The molecule has 0 aromatic heterocycles. The maximum absolute atomic E-state index is 12.0. The van der Waals surface area contributed by atoms with Crippen LogP contribution in [-0.2, 0) is 4.79 Å². The van der Waals surface area contributed by atoms with E-state index in [0.29, 0.717) is 6.54 Å². The molecule has 0 bridgehead atoms. The highest BCUT2D eigenvalue weighted by Gasteiger charge is 2.48. The Hall–Kier alpha value is -2.05. The zero-order valence-corrected chi connectivity index (χ0v) is 12.6. The van der Waals surface area contributed by atoms with Crippen molar-refractivity contribution < 1.29 is 9.59 Å². The Labute approximate surface area is 124 Å². The molecule has 1 atom stereocenters. The predicted molar refractivity (Wildman–Crippen MR) is 80.9 cm³/mol. The number of rotatable bonds is 3. The molecule has 3 N–H and O–H groups in total. The first-order chi connectivity index (χ1) is 10.0. The van der Waals surface area contributed by atoms with Gasteiger partial charge in [-0.2, -0.15) is 0 Å². The van der Waals surface area contributed by atoms with Gasteiger partial charge >= 0.3 is 6.03 Å². The summed E-state index contributed by atoms with van der Waals surface area (Å²) >= 11 is 0. The molecule has 7 heteroatoms. The van der Waals surface area contributed by atoms with Gasteiger partial charge in [-0.15, -0.1) is 6.58 Å². The molecule has 0 radical (unpaired) electrons. The van der Waals surface area contributed by atoms with Gasteiger partial charge in [0.05, 0.1) is 0 Å². The van der Waals surface area contributed by atoms with Crippen LogP contribution in [0.25, 0.3) is 0 Å². The number of guanidine groups is 1. The van der Waals surface area contributed by atoms with Crippen LogP contribution in [0.15, 0.2) is 17.6 Å². The fraction of sp³-hybridized carbons (Fsp3) is 0.643. The number of imide groups is 1. The second-order valence-corrected chi connectivity index (χ2v) is 5.59. The fourth-order valence-electron chi connectivity index (χ4n) is 3.01. The molecule has 3 amide bonds. The standard InChI is InChI=1S/C14H23N5O2/c1-4-7-16-12(15-3)19-8-5-10(6-9-19)14(2)11(20)17-13(21)18-14/h4,10H,1,5-9H2,2-3H3,(H,15,16)(H2,17,18,20,21). The Balaban J connectivity index is 1.95. The monoisotopic (exact) mass is 293 g/mol. The summed E-state index contributed by atoms with van der Waals surface area (Å²) in [6.07, 6.45) is 3.45. The van der Waals surface area contributed by atoms with E-state index in [1.165, 1.54) is 0 Å². The van der Waals surface area contributed by atoms with Crippen molar-refractivity contribution in [2.24, 2.45) is 10.9 Å². The van der Waals surface area contributed by atoms with Crippen LogP contribution in [0.4, 0.5) is 4.79 Å². The van der Waals surface area contributed by atoms with Crippen molar-refractivity contribution in [2.45, 2.75) is 25.3 Å². The lowest BCUT2D eigenvalue weighted by Gasteiger charge is -2.39. The summed E-state index contributed by atoms with van der Waals surface area (Å²) in [6, 6.07) is -0.395. The molecular weight excluding hydrogens is 270 g/mol. The minimum atomic E-state index is -0.790. The minimum Gasteiger partial charge on any atom is -0.353 e. The highest BCUT2D eigenvalue weighted by Crippen LogP contribution is 2.30. The molecule has 2 saturated heterocycles. The lowest BCUT2D eigenvalue weighted by Crippen LogP contribution is -2.55. The molecular formula is C14H23N5O2. The molecule has 2 aliphatic heterocycles. The van der Waals surface area contributed by atoms with E-state index in [1.807, 2.05) is 0 Å². The maximum atomic E-state index is 12.0. The van der Waals surface area contributed by atoms with Crippen LogP contribution in [0.3, 0.4) is 0 Å². The Kier molecular flexibility index (Phi) is 4.50. The summed E-state index contributed by atoms with van der Waals surface area (Å²) < 4.78 is 0. The van der Waals surface area contributed by atoms with E-state index in [-0.39, 0.29) is 11.8 Å². The maximum Gasteiger partial charge on any atom is 0.322 e. The number of amides is 3. The van der Waals surface area contributed by atoms with Crippen LogP contribution < -0.4 is 16.0 Å². The van der Waals surface area contributed by atoms with Gasteiger partial charge in [-0.3, -0.25) is 15.1 Å². The highest BCUT2D eigenvalue weighted by atomic mass is 16.2. The first kappa shape index (κ1) is 15.3. The van der Waals surface area contributed by atoms with Gasteiger partial charge in [-0.25, -0.2) is 4.79 Å². The van der Waals surface area contributed by atoms with Crippen molar-refractivity contribution in [3.05, 3.63) is 12.7 Å². The summed E-state index contributed by atoms with van der Waals surface area (Å²) in [6.45, 7) is 7.77. The number of piperidine rings is 1. The number of hydrogen-bond acceptors (Lipinski definition) is 3. The van der Waals surface area contributed by atoms with Crippen molar-refractivity contribution >= 4 is 17.9 Å². The predicted octanol–water partition coefficient (Wildman–Crippen LogP) is 0.0579. The average Bonchev–Trinajstić information content (AvgIpc) is 2.74. The number of hydrogen-bond donors (Lipinski definition) is 3. The van der Waals surface area contributed by atoms with Gasteiger partial charge < -0.3 is 15.5 Å². The van der Waals surface area contributed by atoms with Crippen LogP contribution in [0.2, 0.25) is 0 Å². The number of nitrogens with zero attached hydrogens (tertiary/aromatic N) is 2. The quantitative estimate of drug-likeness (QED) is 0.297. The molecule has 0 aliphatic carbocycles. The van der Waals surface area contributed by atoms with E-state index in [1.54, 1.807) is 20.0 Å². The second kappa shape index (κ2) is 6.15. The highest BCUT2D eigenvalue weighted by molar-refractivity contribution is 6.07. The number of carbonyl (C=O) groups excluding carboxylic acids is 2. The molecule has 1 unspecified atom stereocenters. The Morgan fingerprint density at radius 1 is 1.52 bits per heavy atom. The van der Waals surface area contributed by atoms with Gasteiger partial charge in [-0.1, -0.05) is 6.08 Å². The number of likely N-dealkylation sites (tertiary alicyclic amines) is 1. The van der Waals surface area contributed by atoms with Crippen LogP contribution in [-0.4, -0.2) is 55.0 Å². The number of carbonyl (C=O) groups is 2. The topological polar surface area (TPSA) is 85.8 Å². The van der Waals surface area contributed by atoms with Gasteiger partial charge in [0.2, 0.25) is 0 Å². The molecule has 7 nitrogen and oxygen atoms in total. The first-order valence-electron chi connectivity index (χ1n) is 7.21. The largest absolute Gasteiger partial charge is 0.353 e. The molecule has 0 aromatic carbocycles. The van der Waals surface area contributed by atoms with Crippen molar-refractivity contribution in [3.8, 4) is 0 Å². The Bertz CT molecular complexity index is 468. The zero-order valence-electron chi connectivity index (χ0n) is 12.6. The number of urea groups is 1. The average molecular weight is 293 g/mol. The van der Waals surface area contributed by atoms with Crippen LogP contribution in [0.1, 0.15) is 19.8 Å². The molecule has 0 saturated carbocycles. The minimum absolute atomic E-state index is 0.137. The van der Waals surface area contributed by atoms with Crippen molar-refractivity contribution in [3.63, 3.8) is 0 Å². The van der Waals surface area contributed by atoms with Gasteiger partial charge in [0.1, 0.15) is 5.54 Å². The fourth-order valence-corrected chi connectivity index (χ4v) is 3.01. The van der Waals surface area contributed by atoms with Crippen molar-refractivity contribution in [1.29, 1.82) is 0 Å². The summed E-state index contributed by atoms with van der Waals surface area (Å²) in [5.41, 5.74) is -0.790. The van der Waals surface area contributed by atoms with Gasteiger partial charge in [0, 0.05) is 26.7 Å². The van der Waals surface area contributed by atoms with Crippen LogP contribution in [0.5, 0.6) is 0 Å². The lowest BCUT2D eigenvalue weighted by atomic mass is 9.79. The van der Waals surface area contributed by atoms with E-state index in [2.05, 4.69) is 32.4 Å². The molecule has 21 heavy (non-hydrogen) atoms. The van der Waals surface area contributed by atoms with E-state index < -0.39 is 11.6 Å². The molecule has 0 aromatic rings. The SMILES string of the molecule is C=CCNC(=NC)N1CCC(C2(C)NC(=O)NC2=O)CC1. The first-order valence-corrected chi connectivity index (χ1v) is 7.21. The number of aliphatic imine (C=N–C) groups is 1. The van der Waals surface area contributed by atoms with E-state index in [0.717, 1.165) is 31.9 Å².